The number of oxime groups is 1. The lowest BCUT2D eigenvalue weighted by Crippen LogP contribution is -2.14. The maximum Gasteiger partial charge on any atom is 0.416 e. The fraction of sp³-hybridized carbons (Fsp3) is 0.333. The second-order valence-electron chi connectivity index (χ2n) is 4.15. The molecule has 0 bridgehead atoms. The van der Waals surface area contributed by atoms with Crippen molar-refractivity contribution in [3.05, 3.63) is 35.4 Å². The van der Waals surface area contributed by atoms with Gasteiger partial charge in [-0.15, -0.1) is 0 Å². The quantitative estimate of drug-likeness (QED) is 0.921. The van der Waals surface area contributed by atoms with Crippen molar-refractivity contribution in [2.45, 2.75) is 25.1 Å². The van der Waals surface area contributed by atoms with Crippen LogP contribution in [0.4, 0.5) is 13.2 Å². The van der Waals surface area contributed by atoms with E-state index < -0.39 is 23.8 Å². The van der Waals surface area contributed by atoms with Crippen LogP contribution in [0.1, 0.15) is 24.0 Å². The van der Waals surface area contributed by atoms with Crippen LogP contribution >= 0.6 is 0 Å². The molecule has 1 N–H and O–H groups in total. The predicted molar refractivity (Wildman–Crippen MR) is 59.7 cm³/mol. The van der Waals surface area contributed by atoms with Gasteiger partial charge in [0.25, 0.3) is 0 Å². The number of carboxylic acid groups (broad SMARTS) is 1. The number of benzene rings is 1. The predicted octanol–water partition coefficient (Wildman–Crippen LogP) is 2.67. The molecule has 0 spiro atoms. The Bertz CT molecular complexity index is 525. The van der Waals surface area contributed by atoms with E-state index in [1.54, 1.807) is 0 Å². The first-order valence-corrected chi connectivity index (χ1v) is 5.48. The number of halogens is 3. The highest BCUT2D eigenvalue weighted by molar-refractivity contribution is 6.01. The van der Waals surface area contributed by atoms with Crippen molar-refractivity contribution in [1.29, 1.82) is 0 Å². The minimum atomic E-state index is -4.42. The molecule has 1 aromatic rings. The normalized spacial score (nSPS) is 18.9. The second-order valence-corrected chi connectivity index (χ2v) is 4.15. The number of alkyl halides is 3. The molecule has 1 heterocycles. The lowest BCUT2D eigenvalue weighted by Gasteiger charge is -2.08. The highest BCUT2D eigenvalue weighted by Crippen LogP contribution is 2.30. The first-order chi connectivity index (χ1) is 8.86. The Kier molecular flexibility index (Phi) is 3.46. The molecule has 102 valence electrons. The maximum atomic E-state index is 12.6. The average molecular weight is 273 g/mol. The minimum Gasteiger partial charge on any atom is -0.481 e. The fourth-order valence-electron chi connectivity index (χ4n) is 1.78. The van der Waals surface area contributed by atoms with Gasteiger partial charge in [0, 0.05) is 12.0 Å². The molecule has 0 fully saturated rings. The van der Waals surface area contributed by atoms with Gasteiger partial charge in [0.2, 0.25) is 0 Å². The van der Waals surface area contributed by atoms with E-state index in [0.29, 0.717) is 11.3 Å². The van der Waals surface area contributed by atoms with Crippen LogP contribution in [0.2, 0.25) is 0 Å². The number of nitrogens with zero attached hydrogens (tertiary/aromatic N) is 1. The maximum absolute atomic E-state index is 12.6. The van der Waals surface area contributed by atoms with Gasteiger partial charge in [-0.05, 0) is 12.1 Å². The molecule has 1 atom stereocenters. The molecule has 1 aromatic carbocycles. The van der Waals surface area contributed by atoms with Crippen LogP contribution in [0.25, 0.3) is 0 Å². The largest absolute Gasteiger partial charge is 0.481 e. The van der Waals surface area contributed by atoms with Gasteiger partial charge in [0.1, 0.15) is 6.10 Å². The molecule has 1 aliphatic rings. The molecule has 19 heavy (non-hydrogen) atoms. The molecule has 0 aromatic heterocycles. The fourth-order valence-corrected chi connectivity index (χ4v) is 1.78. The molecule has 1 aliphatic heterocycles. The Labute approximate surface area is 106 Å². The molecule has 7 heteroatoms. The lowest BCUT2D eigenvalue weighted by molar-refractivity contribution is -0.140. The third-order valence-electron chi connectivity index (χ3n) is 2.66. The van der Waals surface area contributed by atoms with Gasteiger partial charge in [-0.25, -0.2) is 0 Å². The van der Waals surface area contributed by atoms with Crippen LogP contribution in [-0.2, 0) is 15.8 Å². The van der Waals surface area contributed by atoms with Crippen molar-refractivity contribution in [3.63, 3.8) is 0 Å². The van der Waals surface area contributed by atoms with Gasteiger partial charge in [-0.1, -0.05) is 17.3 Å². The van der Waals surface area contributed by atoms with Gasteiger partial charge >= 0.3 is 12.1 Å². The summed E-state index contributed by atoms with van der Waals surface area (Å²) in [4.78, 5) is 15.4. The van der Waals surface area contributed by atoms with Crippen LogP contribution in [0.15, 0.2) is 29.4 Å². The zero-order valence-electron chi connectivity index (χ0n) is 9.65. The van der Waals surface area contributed by atoms with Crippen LogP contribution < -0.4 is 0 Å². The number of carbonyl (C=O) groups is 1. The molecular formula is C12H10F3NO3. The third kappa shape index (κ3) is 3.24. The lowest BCUT2D eigenvalue weighted by atomic mass is 10.0. The minimum absolute atomic E-state index is 0.188. The number of rotatable bonds is 3. The van der Waals surface area contributed by atoms with Gasteiger partial charge in [0.15, 0.2) is 0 Å². The molecular weight excluding hydrogens is 263 g/mol. The summed E-state index contributed by atoms with van der Waals surface area (Å²) in [5.41, 5.74) is -0.144. The summed E-state index contributed by atoms with van der Waals surface area (Å²) in [5.74, 6) is -1.04. The van der Waals surface area contributed by atoms with E-state index in [0.717, 1.165) is 12.1 Å². The first-order valence-electron chi connectivity index (χ1n) is 5.48. The molecule has 0 saturated carbocycles. The van der Waals surface area contributed by atoms with E-state index in [4.69, 9.17) is 9.94 Å². The van der Waals surface area contributed by atoms with Crippen LogP contribution in [0.5, 0.6) is 0 Å². The van der Waals surface area contributed by atoms with Crippen molar-refractivity contribution in [2.24, 2.45) is 5.16 Å². The summed E-state index contributed by atoms with van der Waals surface area (Å²) < 4.78 is 37.7. The van der Waals surface area contributed by atoms with Crippen molar-refractivity contribution >= 4 is 11.7 Å². The van der Waals surface area contributed by atoms with Crippen LogP contribution in [-0.4, -0.2) is 22.9 Å². The summed E-state index contributed by atoms with van der Waals surface area (Å²) >= 11 is 0. The monoisotopic (exact) mass is 273 g/mol. The summed E-state index contributed by atoms with van der Waals surface area (Å²) in [7, 11) is 0. The van der Waals surface area contributed by atoms with E-state index in [9.17, 15) is 18.0 Å². The summed E-state index contributed by atoms with van der Waals surface area (Å²) in [6, 6.07) is 4.71. The van der Waals surface area contributed by atoms with Crippen molar-refractivity contribution in [3.8, 4) is 0 Å². The highest BCUT2D eigenvalue weighted by atomic mass is 19.4. The number of hydrogen-bond donors (Lipinski definition) is 1. The Hall–Kier alpha value is -2.05. The van der Waals surface area contributed by atoms with Gasteiger partial charge < -0.3 is 9.94 Å². The van der Waals surface area contributed by atoms with Crippen LogP contribution in [0, 0.1) is 0 Å². The van der Waals surface area contributed by atoms with E-state index >= 15 is 0 Å². The topological polar surface area (TPSA) is 58.9 Å². The van der Waals surface area contributed by atoms with E-state index in [1.165, 1.54) is 12.1 Å². The third-order valence-corrected chi connectivity index (χ3v) is 2.66. The molecule has 2 rings (SSSR count). The van der Waals surface area contributed by atoms with Crippen molar-refractivity contribution in [1.82, 2.24) is 0 Å². The average Bonchev–Trinajstić information content (AvgIpc) is 2.76. The Morgan fingerprint density at radius 1 is 1.47 bits per heavy atom. The zero-order valence-corrected chi connectivity index (χ0v) is 9.65. The standard InChI is InChI=1S/C12H10F3NO3/c13-12(14,15)8-3-1-2-7(4-8)10-5-9(19-16-10)6-11(17)18/h1-4,9H,5-6H2,(H,17,18). The number of hydrogen-bond acceptors (Lipinski definition) is 3. The molecule has 4 nitrogen and oxygen atoms in total. The highest BCUT2D eigenvalue weighted by Gasteiger charge is 2.31. The first kappa shape index (κ1) is 13.4. The van der Waals surface area contributed by atoms with Gasteiger partial charge in [-0.3, -0.25) is 4.79 Å². The second kappa shape index (κ2) is 4.91. The van der Waals surface area contributed by atoms with Crippen molar-refractivity contribution < 1.29 is 27.9 Å². The molecule has 0 radical (unpaired) electrons. The summed E-state index contributed by atoms with van der Waals surface area (Å²) in [6.45, 7) is 0. The van der Waals surface area contributed by atoms with Crippen molar-refractivity contribution in [2.75, 3.05) is 0 Å². The SMILES string of the molecule is O=C(O)CC1CC(c2cccc(C(F)(F)F)c2)=NO1. The Morgan fingerprint density at radius 2 is 2.21 bits per heavy atom. The molecule has 0 amide bonds. The Morgan fingerprint density at radius 3 is 2.84 bits per heavy atom. The molecule has 0 aliphatic carbocycles. The van der Waals surface area contributed by atoms with Crippen LogP contribution in [0.3, 0.4) is 0 Å². The van der Waals surface area contributed by atoms with E-state index in [2.05, 4.69) is 5.16 Å². The van der Waals surface area contributed by atoms with E-state index in [1.807, 2.05) is 0 Å². The molecule has 1 unspecified atom stereocenters. The summed E-state index contributed by atoms with van der Waals surface area (Å²) in [6.07, 6.45) is -5.09. The Balaban J connectivity index is 2.14. The molecule has 0 saturated heterocycles. The number of aliphatic carboxylic acids is 1. The van der Waals surface area contributed by atoms with Gasteiger partial charge in [0.05, 0.1) is 17.7 Å². The zero-order chi connectivity index (χ0) is 14.0. The number of carboxylic acids is 1. The van der Waals surface area contributed by atoms with E-state index in [-0.39, 0.29) is 12.8 Å². The smallest absolute Gasteiger partial charge is 0.416 e. The summed E-state index contributed by atoms with van der Waals surface area (Å²) in [5, 5.41) is 12.3. The van der Waals surface area contributed by atoms with Gasteiger partial charge in [-0.2, -0.15) is 13.2 Å².